The second-order valence-corrected chi connectivity index (χ2v) is 22.7. The molecule has 472 valence electrons. The summed E-state index contributed by atoms with van der Waals surface area (Å²) in [6.07, 6.45) is 98.9. The van der Waals surface area contributed by atoms with Crippen LogP contribution in [-0.2, 0) is 28.6 Å². The molecule has 0 aliphatic carbocycles. The van der Waals surface area contributed by atoms with Gasteiger partial charge in [0.15, 0.2) is 6.10 Å². The molecule has 0 N–H and O–H groups in total. The van der Waals surface area contributed by atoms with Gasteiger partial charge in [0.05, 0.1) is 0 Å². The van der Waals surface area contributed by atoms with Crippen LogP contribution in [0.15, 0.2) is 134 Å². The van der Waals surface area contributed by atoms with E-state index in [0.717, 1.165) is 116 Å². The van der Waals surface area contributed by atoms with E-state index in [9.17, 15) is 14.4 Å². The molecule has 0 amide bonds. The fourth-order valence-electron chi connectivity index (χ4n) is 9.43. The molecule has 0 aromatic rings. The number of esters is 3. The second kappa shape index (κ2) is 70.0. The molecule has 0 saturated heterocycles. The molecule has 1 unspecified atom stereocenters. The molecule has 0 heterocycles. The van der Waals surface area contributed by atoms with Crippen LogP contribution in [-0.4, -0.2) is 37.2 Å². The normalized spacial score (nSPS) is 13.0. The average molecular weight is 1150 g/mol. The molecule has 6 nitrogen and oxygen atoms in total. The number of carbonyl (C=O) groups is 3. The van der Waals surface area contributed by atoms with Crippen molar-refractivity contribution in [3.05, 3.63) is 134 Å². The molecule has 0 radical (unpaired) electrons. The van der Waals surface area contributed by atoms with Crippen LogP contribution in [0.25, 0.3) is 0 Å². The zero-order valence-electron chi connectivity index (χ0n) is 54.2. The summed E-state index contributed by atoms with van der Waals surface area (Å²) < 4.78 is 16.9. The van der Waals surface area contributed by atoms with Gasteiger partial charge < -0.3 is 14.2 Å². The van der Waals surface area contributed by atoms with Crippen molar-refractivity contribution in [1.82, 2.24) is 0 Å². The Balaban J connectivity index is 4.43. The van der Waals surface area contributed by atoms with E-state index in [-0.39, 0.29) is 37.5 Å². The maximum absolute atomic E-state index is 12.9. The first-order valence-corrected chi connectivity index (χ1v) is 34.7. The van der Waals surface area contributed by atoms with Gasteiger partial charge in [-0.2, -0.15) is 0 Å². The summed E-state index contributed by atoms with van der Waals surface area (Å²) in [5.74, 6) is -0.949. The van der Waals surface area contributed by atoms with Gasteiger partial charge in [-0.05, 0) is 141 Å². The molecule has 1 atom stereocenters. The lowest BCUT2D eigenvalue weighted by molar-refractivity contribution is -0.167. The van der Waals surface area contributed by atoms with Gasteiger partial charge in [-0.15, -0.1) is 0 Å². The summed E-state index contributed by atoms with van der Waals surface area (Å²) in [5, 5.41) is 0. The summed E-state index contributed by atoms with van der Waals surface area (Å²) in [6, 6.07) is 0. The Morgan fingerprint density at radius 2 is 0.470 bits per heavy atom. The smallest absolute Gasteiger partial charge is 0.306 e. The molecule has 0 bridgehead atoms. The van der Waals surface area contributed by atoms with Crippen molar-refractivity contribution < 1.29 is 28.6 Å². The van der Waals surface area contributed by atoms with Crippen LogP contribution in [0.1, 0.15) is 316 Å². The second-order valence-electron chi connectivity index (χ2n) is 22.7. The largest absolute Gasteiger partial charge is 0.462 e. The van der Waals surface area contributed by atoms with E-state index < -0.39 is 6.10 Å². The molecular weight excluding hydrogens is 1020 g/mol. The Morgan fingerprint density at radius 1 is 0.253 bits per heavy atom. The summed E-state index contributed by atoms with van der Waals surface area (Å²) in [6.45, 7) is 6.47. The predicted octanol–water partition coefficient (Wildman–Crippen LogP) is 24.1. The van der Waals surface area contributed by atoms with Crippen LogP contribution in [0.2, 0.25) is 0 Å². The third kappa shape index (κ3) is 68.2. The van der Waals surface area contributed by atoms with Crippen molar-refractivity contribution >= 4 is 17.9 Å². The number of allylic oxidation sites excluding steroid dienone is 22. The van der Waals surface area contributed by atoms with Crippen LogP contribution in [0.4, 0.5) is 0 Å². The molecule has 0 spiro atoms. The van der Waals surface area contributed by atoms with E-state index in [2.05, 4.69) is 154 Å². The van der Waals surface area contributed by atoms with Crippen molar-refractivity contribution in [2.75, 3.05) is 13.2 Å². The minimum absolute atomic E-state index is 0.102. The van der Waals surface area contributed by atoms with Gasteiger partial charge in [0.25, 0.3) is 0 Å². The molecule has 0 aliphatic rings. The van der Waals surface area contributed by atoms with E-state index in [4.69, 9.17) is 14.2 Å². The van der Waals surface area contributed by atoms with Crippen LogP contribution < -0.4 is 0 Å². The van der Waals surface area contributed by atoms with E-state index in [1.807, 2.05) is 0 Å². The standard InChI is InChI=1S/C77H128O6/c1-4-7-10-13-16-19-22-25-28-31-33-35-36-37-38-39-40-42-43-46-49-52-55-58-61-64-67-70-76(79)82-73-74(72-81-75(78)69-66-63-60-57-54-51-48-45-30-27-24-21-18-15-12-9-6-3)83-77(80)71-68-65-62-59-56-53-50-47-44-41-34-32-29-26-23-20-17-14-11-8-5-2/h8,11,17-18,20-22,25-27,29-31,33-34,36-37,41,47,50,56,59,74H,4-7,9-10,12-16,19,23-24,28,32,35,38-40,42-46,48-49,51-55,57-58,60-73H2,1-3H3/b11-8-,20-17-,21-18-,25-22-,29-26-,30-27-,33-31-,37-36-,41-34-,50-47-,59-56-. The van der Waals surface area contributed by atoms with Gasteiger partial charge >= 0.3 is 17.9 Å². The predicted molar refractivity (Wildman–Crippen MR) is 362 cm³/mol. The first-order chi connectivity index (χ1) is 41.0. The first kappa shape index (κ1) is 78.5. The zero-order valence-corrected chi connectivity index (χ0v) is 54.2. The van der Waals surface area contributed by atoms with E-state index in [1.54, 1.807) is 0 Å². The summed E-state index contributed by atoms with van der Waals surface area (Å²) in [4.78, 5) is 38.4. The van der Waals surface area contributed by atoms with Crippen LogP contribution in [0.5, 0.6) is 0 Å². The Morgan fingerprint density at radius 3 is 0.783 bits per heavy atom. The van der Waals surface area contributed by atoms with Crippen LogP contribution in [0.3, 0.4) is 0 Å². The Bertz CT molecular complexity index is 1750. The number of hydrogen-bond acceptors (Lipinski definition) is 6. The highest BCUT2D eigenvalue weighted by Crippen LogP contribution is 2.16. The maximum Gasteiger partial charge on any atom is 0.306 e. The van der Waals surface area contributed by atoms with E-state index >= 15 is 0 Å². The molecule has 83 heavy (non-hydrogen) atoms. The number of carbonyl (C=O) groups excluding carboxylic acids is 3. The van der Waals surface area contributed by atoms with Crippen LogP contribution >= 0.6 is 0 Å². The number of rotatable bonds is 62. The van der Waals surface area contributed by atoms with Gasteiger partial charge in [-0.3, -0.25) is 14.4 Å². The maximum atomic E-state index is 12.9. The number of ether oxygens (including phenoxy) is 3. The highest BCUT2D eigenvalue weighted by atomic mass is 16.6. The van der Waals surface area contributed by atoms with Crippen molar-refractivity contribution in [3.8, 4) is 0 Å². The van der Waals surface area contributed by atoms with Gasteiger partial charge in [0.2, 0.25) is 0 Å². The quantitative estimate of drug-likeness (QED) is 0.0261. The lowest BCUT2D eigenvalue weighted by Gasteiger charge is -2.18. The van der Waals surface area contributed by atoms with E-state index in [1.165, 1.54) is 154 Å². The lowest BCUT2D eigenvalue weighted by Crippen LogP contribution is -2.30. The lowest BCUT2D eigenvalue weighted by atomic mass is 10.0. The van der Waals surface area contributed by atoms with Crippen LogP contribution in [0, 0.1) is 0 Å². The summed E-state index contributed by atoms with van der Waals surface area (Å²) >= 11 is 0. The molecular formula is C77H128O6. The third-order valence-corrected chi connectivity index (χ3v) is 14.6. The summed E-state index contributed by atoms with van der Waals surface area (Å²) in [5.41, 5.74) is 0. The SMILES string of the molecule is CC/C=C\C/C=C\C/C=C\C/C=C\C/C=C\C/C=C\CCCCC(=O)OC(COC(=O)CCCCCCCCC/C=C\C/C=C\CCCCC)COC(=O)CCCCCCCCCCCCCC/C=C\C/C=C\C/C=C\CCCCCCC. The van der Waals surface area contributed by atoms with Gasteiger partial charge in [0.1, 0.15) is 13.2 Å². The fraction of sp³-hybridized carbons (Fsp3) is 0.675. The molecule has 0 aromatic carbocycles. The highest BCUT2D eigenvalue weighted by Gasteiger charge is 2.19. The molecule has 0 rings (SSSR count). The number of hydrogen-bond donors (Lipinski definition) is 0. The zero-order chi connectivity index (χ0) is 59.9. The molecule has 6 heteroatoms. The summed E-state index contributed by atoms with van der Waals surface area (Å²) in [7, 11) is 0. The topological polar surface area (TPSA) is 78.9 Å². The van der Waals surface area contributed by atoms with Crippen molar-refractivity contribution in [1.29, 1.82) is 0 Å². The van der Waals surface area contributed by atoms with Crippen molar-refractivity contribution in [2.24, 2.45) is 0 Å². The minimum atomic E-state index is -0.812. The van der Waals surface area contributed by atoms with E-state index in [0.29, 0.717) is 19.3 Å². The molecule has 0 fully saturated rings. The number of unbranched alkanes of at least 4 members (excludes halogenated alkanes) is 29. The molecule has 0 saturated carbocycles. The Hall–Kier alpha value is -4.45. The third-order valence-electron chi connectivity index (χ3n) is 14.6. The first-order valence-electron chi connectivity index (χ1n) is 34.7. The van der Waals surface area contributed by atoms with Crippen molar-refractivity contribution in [2.45, 2.75) is 322 Å². The minimum Gasteiger partial charge on any atom is -0.462 e. The van der Waals surface area contributed by atoms with Gasteiger partial charge in [-0.25, -0.2) is 0 Å². The molecule has 0 aliphatic heterocycles. The Kier molecular flexibility index (Phi) is 66.3. The average Bonchev–Trinajstić information content (AvgIpc) is 3.50. The molecule has 0 aromatic heterocycles. The van der Waals surface area contributed by atoms with Crippen molar-refractivity contribution in [3.63, 3.8) is 0 Å². The van der Waals surface area contributed by atoms with Gasteiger partial charge in [0, 0.05) is 19.3 Å². The highest BCUT2D eigenvalue weighted by molar-refractivity contribution is 5.71. The fourth-order valence-corrected chi connectivity index (χ4v) is 9.43. The Labute approximate surface area is 513 Å². The monoisotopic (exact) mass is 1150 g/mol. The van der Waals surface area contributed by atoms with Gasteiger partial charge in [-0.1, -0.05) is 289 Å².